The molecule has 4 heteroatoms. The number of fused-ring (bicyclic) bond motifs is 1. The molecule has 0 amide bonds. The van der Waals surface area contributed by atoms with Crippen molar-refractivity contribution < 1.29 is 4.74 Å². The van der Waals surface area contributed by atoms with Gasteiger partial charge in [0.05, 0.1) is 21.6 Å². The Morgan fingerprint density at radius 2 is 2.00 bits per heavy atom. The molecule has 0 bridgehead atoms. The van der Waals surface area contributed by atoms with E-state index in [1.54, 1.807) is 24.4 Å². The number of pyridine rings is 1. The third-order valence-electron chi connectivity index (χ3n) is 2.87. The second kappa shape index (κ2) is 5.32. The first kappa shape index (κ1) is 12.6. The Kier molecular flexibility index (Phi) is 3.36. The van der Waals surface area contributed by atoms with Crippen LogP contribution < -0.4 is 4.74 Å². The van der Waals surface area contributed by atoms with Crippen LogP contribution in [0.2, 0.25) is 0 Å². The highest BCUT2D eigenvalue weighted by molar-refractivity contribution is 9.10. The smallest absolute Gasteiger partial charge is 0.141 e. The summed E-state index contributed by atoms with van der Waals surface area (Å²) in [5.41, 5.74) is 1.47. The molecule has 96 valence electrons. The Morgan fingerprint density at radius 3 is 2.80 bits per heavy atom. The van der Waals surface area contributed by atoms with E-state index in [0.29, 0.717) is 17.1 Å². The number of ether oxygens (including phenoxy) is 1. The van der Waals surface area contributed by atoms with E-state index in [1.807, 2.05) is 30.3 Å². The summed E-state index contributed by atoms with van der Waals surface area (Å²) >= 11 is 3.40. The lowest BCUT2D eigenvalue weighted by Crippen LogP contribution is -1.87. The normalized spacial score (nSPS) is 10.2. The molecule has 3 rings (SSSR count). The molecule has 0 aliphatic heterocycles. The standard InChI is InChI=1S/C16H9BrN2O/c17-14-8-11(10-18)3-6-16(14)20-13-5-4-12-2-1-7-19-15(12)9-13/h1-9H. The summed E-state index contributed by atoms with van der Waals surface area (Å²) in [7, 11) is 0. The number of nitrogens with zero attached hydrogens (tertiary/aromatic N) is 2. The molecule has 0 saturated heterocycles. The molecule has 0 spiro atoms. The minimum atomic E-state index is 0.587. The zero-order valence-corrected chi connectivity index (χ0v) is 12.0. The summed E-state index contributed by atoms with van der Waals surface area (Å²) in [5.74, 6) is 1.38. The van der Waals surface area contributed by atoms with Gasteiger partial charge >= 0.3 is 0 Å². The van der Waals surface area contributed by atoms with Crippen LogP contribution in [0.15, 0.2) is 59.2 Å². The fraction of sp³-hybridized carbons (Fsp3) is 0. The van der Waals surface area contributed by atoms with Gasteiger partial charge in [-0.15, -0.1) is 0 Å². The molecular weight excluding hydrogens is 316 g/mol. The second-order valence-corrected chi connectivity index (χ2v) is 5.07. The molecule has 0 radical (unpaired) electrons. The third kappa shape index (κ3) is 2.49. The first-order valence-corrected chi connectivity index (χ1v) is 6.78. The molecule has 20 heavy (non-hydrogen) atoms. The number of rotatable bonds is 2. The predicted molar refractivity (Wildman–Crippen MR) is 80.7 cm³/mol. The molecule has 0 N–H and O–H groups in total. The number of halogens is 1. The predicted octanol–water partition coefficient (Wildman–Crippen LogP) is 4.66. The van der Waals surface area contributed by atoms with Crippen molar-refractivity contribution in [3.8, 4) is 17.6 Å². The average molecular weight is 325 g/mol. The van der Waals surface area contributed by atoms with E-state index in [-0.39, 0.29) is 0 Å². The van der Waals surface area contributed by atoms with E-state index < -0.39 is 0 Å². The zero-order chi connectivity index (χ0) is 13.9. The molecule has 0 unspecified atom stereocenters. The van der Waals surface area contributed by atoms with Crippen LogP contribution >= 0.6 is 15.9 Å². The van der Waals surface area contributed by atoms with E-state index in [9.17, 15) is 0 Å². The molecule has 2 aromatic carbocycles. The van der Waals surface area contributed by atoms with Gasteiger partial charge in [0.2, 0.25) is 0 Å². The summed E-state index contributed by atoms with van der Waals surface area (Å²) in [4.78, 5) is 4.30. The van der Waals surface area contributed by atoms with Crippen LogP contribution in [0.3, 0.4) is 0 Å². The van der Waals surface area contributed by atoms with Gasteiger partial charge in [-0.1, -0.05) is 6.07 Å². The number of hydrogen-bond acceptors (Lipinski definition) is 3. The molecule has 0 fully saturated rings. The quantitative estimate of drug-likeness (QED) is 0.688. The maximum absolute atomic E-state index is 8.84. The van der Waals surface area contributed by atoms with Crippen molar-refractivity contribution in [1.29, 1.82) is 5.26 Å². The van der Waals surface area contributed by atoms with Crippen molar-refractivity contribution in [3.05, 3.63) is 64.8 Å². The Balaban J connectivity index is 1.95. The summed E-state index contributed by atoms with van der Waals surface area (Å²) in [5, 5.41) is 9.91. The van der Waals surface area contributed by atoms with Gasteiger partial charge in [-0.2, -0.15) is 5.26 Å². The summed E-state index contributed by atoms with van der Waals surface area (Å²) in [6.07, 6.45) is 1.75. The van der Waals surface area contributed by atoms with E-state index in [0.717, 1.165) is 15.4 Å². The summed E-state index contributed by atoms with van der Waals surface area (Å²) in [6, 6.07) is 17.0. The van der Waals surface area contributed by atoms with E-state index in [1.165, 1.54) is 0 Å². The molecule has 3 aromatic rings. The summed E-state index contributed by atoms with van der Waals surface area (Å²) < 4.78 is 6.57. The highest BCUT2D eigenvalue weighted by Gasteiger charge is 2.05. The van der Waals surface area contributed by atoms with Crippen LogP contribution in [0.4, 0.5) is 0 Å². The maximum Gasteiger partial charge on any atom is 0.141 e. The number of benzene rings is 2. The van der Waals surface area contributed by atoms with Crippen molar-refractivity contribution in [2.75, 3.05) is 0 Å². The van der Waals surface area contributed by atoms with Gasteiger partial charge in [0.1, 0.15) is 11.5 Å². The first-order chi connectivity index (χ1) is 9.76. The molecule has 0 aliphatic rings. The van der Waals surface area contributed by atoms with Crippen molar-refractivity contribution in [2.24, 2.45) is 0 Å². The fourth-order valence-electron chi connectivity index (χ4n) is 1.89. The van der Waals surface area contributed by atoms with E-state index in [4.69, 9.17) is 10.00 Å². The van der Waals surface area contributed by atoms with Crippen molar-refractivity contribution in [2.45, 2.75) is 0 Å². The Labute approximate surface area is 124 Å². The number of hydrogen-bond donors (Lipinski definition) is 0. The highest BCUT2D eigenvalue weighted by atomic mass is 79.9. The lowest BCUT2D eigenvalue weighted by Gasteiger charge is -2.08. The Hall–Kier alpha value is -2.38. The summed E-state index contributed by atoms with van der Waals surface area (Å²) in [6.45, 7) is 0. The zero-order valence-electron chi connectivity index (χ0n) is 10.4. The SMILES string of the molecule is N#Cc1ccc(Oc2ccc3cccnc3c2)c(Br)c1. The number of nitriles is 1. The third-order valence-corrected chi connectivity index (χ3v) is 3.49. The first-order valence-electron chi connectivity index (χ1n) is 5.98. The average Bonchev–Trinajstić information content (AvgIpc) is 2.49. The molecule has 0 saturated carbocycles. The van der Waals surface area contributed by atoms with Crippen LogP contribution in [-0.4, -0.2) is 4.98 Å². The van der Waals surface area contributed by atoms with Gasteiger partial charge < -0.3 is 4.74 Å². The van der Waals surface area contributed by atoms with Crippen LogP contribution in [0.5, 0.6) is 11.5 Å². The van der Waals surface area contributed by atoms with Gasteiger partial charge in [0, 0.05) is 17.6 Å². The largest absolute Gasteiger partial charge is 0.456 e. The monoisotopic (exact) mass is 324 g/mol. The van der Waals surface area contributed by atoms with Crippen LogP contribution in [0, 0.1) is 11.3 Å². The molecular formula is C16H9BrN2O. The lowest BCUT2D eigenvalue weighted by molar-refractivity contribution is 0.480. The molecule has 0 aliphatic carbocycles. The molecule has 1 aromatic heterocycles. The van der Waals surface area contributed by atoms with Gasteiger partial charge in [-0.05, 0) is 52.3 Å². The minimum absolute atomic E-state index is 0.587. The second-order valence-electron chi connectivity index (χ2n) is 4.22. The fourth-order valence-corrected chi connectivity index (χ4v) is 2.35. The topological polar surface area (TPSA) is 45.9 Å². The van der Waals surface area contributed by atoms with Gasteiger partial charge in [0.25, 0.3) is 0 Å². The maximum atomic E-state index is 8.84. The Bertz CT molecular complexity index is 824. The van der Waals surface area contributed by atoms with Crippen LogP contribution in [-0.2, 0) is 0 Å². The van der Waals surface area contributed by atoms with Crippen molar-refractivity contribution in [1.82, 2.24) is 4.98 Å². The van der Waals surface area contributed by atoms with Crippen molar-refractivity contribution >= 4 is 26.8 Å². The van der Waals surface area contributed by atoms with Crippen molar-refractivity contribution in [3.63, 3.8) is 0 Å². The lowest BCUT2D eigenvalue weighted by atomic mass is 10.2. The van der Waals surface area contributed by atoms with Gasteiger partial charge in [-0.3, -0.25) is 4.98 Å². The van der Waals surface area contributed by atoms with E-state index >= 15 is 0 Å². The van der Waals surface area contributed by atoms with Crippen LogP contribution in [0.1, 0.15) is 5.56 Å². The molecule has 1 heterocycles. The minimum Gasteiger partial charge on any atom is -0.456 e. The molecule has 3 nitrogen and oxygen atoms in total. The Morgan fingerprint density at radius 1 is 1.10 bits per heavy atom. The van der Waals surface area contributed by atoms with Gasteiger partial charge in [-0.25, -0.2) is 0 Å². The number of aromatic nitrogens is 1. The van der Waals surface area contributed by atoms with Gasteiger partial charge in [0.15, 0.2) is 0 Å². The van der Waals surface area contributed by atoms with Crippen LogP contribution in [0.25, 0.3) is 10.9 Å². The van der Waals surface area contributed by atoms with E-state index in [2.05, 4.69) is 27.0 Å². The molecule has 0 atom stereocenters. The highest BCUT2D eigenvalue weighted by Crippen LogP contribution is 2.31.